The normalized spacial score (nSPS) is 15.9. The maximum absolute atomic E-state index is 5.54. The van der Waals surface area contributed by atoms with E-state index >= 15 is 0 Å². The summed E-state index contributed by atoms with van der Waals surface area (Å²) < 4.78 is 11.0. The molecule has 1 aliphatic rings. The molecule has 1 aromatic carbocycles. The maximum Gasteiger partial charge on any atom is 0.162 e. The van der Waals surface area contributed by atoms with Crippen molar-refractivity contribution in [3.63, 3.8) is 0 Å². The molecule has 0 bridgehead atoms. The largest absolute Gasteiger partial charge is 0.486 e. The Bertz CT molecular complexity index is 355. The van der Waals surface area contributed by atoms with Crippen molar-refractivity contribution in [3.05, 3.63) is 18.2 Å². The molecule has 2 rings (SSSR count). The second-order valence-corrected chi connectivity index (χ2v) is 5.36. The third kappa shape index (κ3) is 3.01. The Kier molecular flexibility index (Phi) is 4.29. The minimum Gasteiger partial charge on any atom is -0.486 e. The van der Waals surface area contributed by atoms with Crippen LogP contribution in [0.2, 0.25) is 0 Å². The second-order valence-electron chi connectivity index (χ2n) is 3.90. The van der Waals surface area contributed by atoms with E-state index in [0.29, 0.717) is 19.1 Å². The van der Waals surface area contributed by atoms with Crippen LogP contribution in [0.25, 0.3) is 0 Å². The van der Waals surface area contributed by atoms with E-state index in [1.54, 1.807) is 0 Å². The monoisotopic (exact) mass is 256 g/mol. The fraction of sp³-hybridized carbons (Fsp3) is 0.500. The summed E-state index contributed by atoms with van der Waals surface area (Å²) in [6.45, 7) is 3.50. The van der Waals surface area contributed by atoms with Crippen LogP contribution in [0, 0.1) is 5.92 Å². The molecule has 0 saturated heterocycles. The van der Waals surface area contributed by atoms with Gasteiger partial charge in [-0.2, -0.15) is 12.6 Å². The number of rotatable bonds is 4. The van der Waals surface area contributed by atoms with Crippen molar-refractivity contribution in [2.45, 2.75) is 11.8 Å². The van der Waals surface area contributed by atoms with Crippen molar-refractivity contribution < 1.29 is 9.47 Å². The maximum atomic E-state index is 5.54. The first-order chi connectivity index (χ1) is 7.79. The van der Waals surface area contributed by atoms with Gasteiger partial charge in [-0.05, 0) is 29.9 Å². The Morgan fingerprint density at radius 3 is 2.81 bits per heavy atom. The third-order valence-corrected chi connectivity index (χ3v) is 4.31. The lowest BCUT2D eigenvalue weighted by Crippen LogP contribution is -2.15. The quantitative estimate of drug-likeness (QED) is 0.659. The summed E-state index contributed by atoms with van der Waals surface area (Å²) in [7, 11) is 0. The van der Waals surface area contributed by atoms with Crippen molar-refractivity contribution in [2.24, 2.45) is 5.92 Å². The predicted octanol–water partition coefficient (Wildman–Crippen LogP) is 3.12. The molecule has 16 heavy (non-hydrogen) atoms. The molecular formula is C12H16O2S2. The highest BCUT2D eigenvalue weighted by Gasteiger charge is 2.12. The first kappa shape index (κ1) is 12.0. The summed E-state index contributed by atoms with van der Waals surface area (Å²) in [5, 5.41) is 0. The molecule has 0 N–H and O–H groups in total. The molecule has 88 valence electrons. The lowest BCUT2D eigenvalue weighted by Gasteiger charge is -2.19. The highest BCUT2D eigenvalue weighted by Crippen LogP contribution is 2.34. The minimum atomic E-state index is 0.626. The Morgan fingerprint density at radius 2 is 2.06 bits per heavy atom. The molecule has 1 aromatic rings. The van der Waals surface area contributed by atoms with Gasteiger partial charge < -0.3 is 9.47 Å². The summed E-state index contributed by atoms with van der Waals surface area (Å²) in [4.78, 5) is 1.23. The van der Waals surface area contributed by atoms with Gasteiger partial charge in [0, 0.05) is 10.6 Å². The van der Waals surface area contributed by atoms with Gasteiger partial charge in [0.2, 0.25) is 0 Å². The van der Waals surface area contributed by atoms with E-state index in [0.717, 1.165) is 23.0 Å². The number of hydrogen-bond donors (Lipinski definition) is 1. The topological polar surface area (TPSA) is 18.5 Å². The molecule has 0 fully saturated rings. The fourth-order valence-corrected chi connectivity index (χ4v) is 2.66. The average molecular weight is 256 g/mol. The van der Waals surface area contributed by atoms with Crippen LogP contribution < -0.4 is 9.47 Å². The number of ether oxygens (including phenoxy) is 2. The molecule has 1 unspecified atom stereocenters. The lowest BCUT2D eigenvalue weighted by atomic mass is 10.3. The van der Waals surface area contributed by atoms with Gasteiger partial charge in [-0.15, -0.1) is 11.8 Å². The van der Waals surface area contributed by atoms with Gasteiger partial charge in [0.15, 0.2) is 11.5 Å². The summed E-state index contributed by atoms with van der Waals surface area (Å²) in [5.41, 5.74) is 0. The number of hydrogen-bond acceptors (Lipinski definition) is 4. The van der Waals surface area contributed by atoms with E-state index < -0.39 is 0 Å². The zero-order valence-electron chi connectivity index (χ0n) is 9.31. The molecule has 0 saturated carbocycles. The molecular weight excluding hydrogens is 240 g/mol. The Hall–Kier alpha value is -0.480. The number of fused-ring (bicyclic) bond motifs is 1. The van der Waals surface area contributed by atoms with Gasteiger partial charge in [0.25, 0.3) is 0 Å². The Labute approximate surface area is 106 Å². The van der Waals surface area contributed by atoms with Gasteiger partial charge in [-0.1, -0.05) is 6.92 Å². The van der Waals surface area contributed by atoms with Crippen molar-refractivity contribution in [1.82, 2.24) is 0 Å². The molecule has 4 heteroatoms. The van der Waals surface area contributed by atoms with Crippen LogP contribution in [-0.2, 0) is 0 Å². The molecule has 1 atom stereocenters. The summed E-state index contributed by atoms with van der Waals surface area (Å²) in [6, 6.07) is 6.13. The van der Waals surface area contributed by atoms with E-state index in [4.69, 9.17) is 9.47 Å². The molecule has 0 radical (unpaired) electrons. The molecule has 0 spiro atoms. The number of thiol groups is 1. The van der Waals surface area contributed by atoms with Crippen LogP contribution in [-0.4, -0.2) is 24.7 Å². The van der Waals surface area contributed by atoms with Crippen LogP contribution in [0.5, 0.6) is 11.5 Å². The van der Waals surface area contributed by atoms with Crippen LogP contribution in [0.15, 0.2) is 23.1 Å². The molecule has 2 nitrogen and oxygen atoms in total. The number of benzene rings is 1. The zero-order chi connectivity index (χ0) is 11.4. The van der Waals surface area contributed by atoms with Crippen LogP contribution in [0.3, 0.4) is 0 Å². The number of thioether (sulfide) groups is 1. The first-order valence-corrected chi connectivity index (χ1v) is 7.04. The SMILES string of the molecule is CC(CS)CSc1ccc2c(c1)OCCO2. The van der Waals surface area contributed by atoms with Crippen molar-refractivity contribution in [2.75, 3.05) is 24.7 Å². The highest BCUT2D eigenvalue weighted by molar-refractivity contribution is 7.99. The van der Waals surface area contributed by atoms with Crippen molar-refractivity contribution in [3.8, 4) is 11.5 Å². The fourth-order valence-electron chi connectivity index (χ4n) is 1.40. The van der Waals surface area contributed by atoms with E-state index in [-0.39, 0.29) is 0 Å². The second kappa shape index (κ2) is 5.73. The van der Waals surface area contributed by atoms with Crippen LogP contribution in [0.1, 0.15) is 6.92 Å². The Morgan fingerprint density at radius 1 is 1.31 bits per heavy atom. The molecule has 0 aliphatic carbocycles. The summed E-state index contributed by atoms with van der Waals surface area (Å²) in [6.07, 6.45) is 0. The third-order valence-electron chi connectivity index (χ3n) is 2.36. The van der Waals surface area contributed by atoms with Crippen LogP contribution >= 0.6 is 24.4 Å². The van der Waals surface area contributed by atoms with Gasteiger partial charge in [-0.3, -0.25) is 0 Å². The van der Waals surface area contributed by atoms with Gasteiger partial charge >= 0.3 is 0 Å². The Balaban J connectivity index is 2.00. The van der Waals surface area contributed by atoms with E-state index in [2.05, 4.69) is 31.7 Å². The van der Waals surface area contributed by atoms with Gasteiger partial charge in [-0.25, -0.2) is 0 Å². The minimum absolute atomic E-state index is 0.626. The van der Waals surface area contributed by atoms with Crippen LogP contribution in [0.4, 0.5) is 0 Å². The van der Waals surface area contributed by atoms with Crippen molar-refractivity contribution in [1.29, 1.82) is 0 Å². The molecule has 1 aliphatic heterocycles. The van der Waals surface area contributed by atoms with E-state index in [1.807, 2.05) is 17.8 Å². The van der Waals surface area contributed by atoms with E-state index in [9.17, 15) is 0 Å². The molecule has 1 heterocycles. The smallest absolute Gasteiger partial charge is 0.162 e. The average Bonchev–Trinajstić information content (AvgIpc) is 2.35. The first-order valence-electron chi connectivity index (χ1n) is 5.43. The van der Waals surface area contributed by atoms with Crippen molar-refractivity contribution >= 4 is 24.4 Å². The summed E-state index contributed by atoms with van der Waals surface area (Å²) >= 11 is 6.12. The lowest BCUT2D eigenvalue weighted by molar-refractivity contribution is 0.171. The summed E-state index contributed by atoms with van der Waals surface area (Å²) in [5.74, 6) is 4.37. The predicted molar refractivity (Wildman–Crippen MR) is 71.2 cm³/mol. The van der Waals surface area contributed by atoms with Gasteiger partial charge in [0.1, 0.15) is 13.2 Å². The molecule has 0 aromatic heterocycles. The van der Waals surface area contributed by atoms with Gasteiger partial charge in [0.05, 0.1) is 0 Å². The zero-order valence-corrected chi connectivity index (χ0v) is 11.0. The standard InChI is InChI=1S/C12H16O2S2/c1-9(7-15)8-16-10-2-3-11-12(6-10)14-5-4-13-11/h2-3,6,9,15H,4-5,7-8H2,1H3. The molecule has 0 amide bonds. The highest BCUT2D eigenvalue weighted by atomic mass is 32.2. The van der Waals surface area contributed by atoms with E-state index in [1.165, 1.54) is 4.90 Å².